The van der Waals surface area contributed by atoms with Crippen molar-refractivity contribution >= 4 is 23.4 Å². The van der Waals surface area contributed by atoms with Gasteiger partial charge in [0.1, 0.15) is 29.0 Å². The van der Waals surface area contributed by atoms with Gasteiger partial charge in [0.15, 0.2) is 0 Å². The standard InChI is InChI=1S/C28H29ClF3N3O5/c1-3-39-26(36)13-8-20-14-23(40-22-11-6-19(29)7-12-22)17-34(20)25-15-24(28(30,31)32)27(37)35(33-25)16-18-4-9-21(38-2)10-5-18/h4-7,9-12,15,20,23H,3,8,13-14,16-17H2,1-2H3/t20-,23-/m1/s1. The number of anilines is 1. The van der Waals surface area contributed by atoms with Crippen LogP contribution >= 0.6 is 11.6 Å². The average molecular weight is 580 g/mol. The van der Waals surface area contributed by atoms with Crippen LogP contribution in [-0.2, 0) is 22.3 Å². The molecule has 4 rings (SSSR count). The zero-order chi connectivity index (χ0) is 28.9. The summed E-state index contributed by atoms with van der Waals surface area (Å²) in [6, 6.07) is 13.8. The second kappa shape index (κ2) is 12.6. The first-order valence-electron chi connectivity index (χ1n) is 12.7. The predicted molar refractivity (Wildman–Crippen MR) is 143 cm³/mol. The van der Waals surface area contributed by atoms with Gasteiger partial charge in [-0.2, -0.15) is 18.3 Å². The Morgan fingerprint density at radius 3 is 2.40 bits per heavy atom. The van der Waals surface area contributed by atoms with Crippen molar-refractivity contribution in [3.8, 4) is 11.5 Å². The number of esters is 1. The van der Waals surface area contributed by atoms with Gasteiger partial charge in [0.2, 0.25) is 0 Å². The Hall–Kier alpha value is -3.73. The lowest BCUT2D eigenvalue weighted by Gasteiger charge is -2.26. The van der Waals surface area contributed by atoms with E-state index in [2.05, 4.69) is 5.10 Å². The van der Waals surface area contributed by atoms with E-state index in [1.54, 1.807) is 60.4 Å². The van der Waals surface area contributed by atoms with Crippen molar-refractivity contribution in [3.05, 3.63) is 81.1 Å². The van der Waals surface area contributed by atoms with E-state index >= 15 is 0 Å². The van der Waals surface area contributed by atoms with Crippen LogP contribution in [0.5, 0.6) is 11.5 Å². The summed E-state index contributed by atoms with van der Waals surface area (Å²) in [6.45, 7) is 1.94. The molecule has 2 heterocycles. The molecule has 0 N–H and O–H groups in total. The van der Waals surface area contributed by atoms with Crippen molar-refractivity contribution in [2.75, 3.05) is 25.2 Å². The minimum Gasteiger partial charge on any atom is -0.497 e. The third-order valence-electron chi connectivity index (χ3n) is 6.53. The summed E-state index contributed by atoms with van der Waals surface area (Å²) in [5, 5.41) is 4.88. The molecule has 2 atom stereocenters. The zero-order valence-corrected chi connectivity index (χ0v) is 22.7. The van der Waals surface area contributed by atoms with Crippen LogP contribution < -0.4 is 19.9 Å². The number of aromatic nitrogens is 2. The number of hydrogen-bond acceptors (Lipinski definition) is 7. The molecule has 1 aliphatic rings. The summed E-state index contributed by atoms with van der Waals surface area (Å²) >= 11 is 5.96. The maximum absolute atomic E-state index is 14.0. The van der Waals surface area contributed by atoms with Crippen molar-refractivity contribution in [2.24, 2.45) is 0 Å². The van der Waals surface area contributed by atoms with Crippen molar-refractivity contribution in [3.63, 3.8) is 0 Å². The molecule has 0 aliphatic carbocycles. The first kappa shape index (κ1) is 29.3. The molecule has 0 unspecified atom stereocenters. The smallest absolute Gasteiger partial charge is 0.421 e. The van der Waals surface area contributed by atoms with Crippen LogP contribution in [-0.4, -0.2) is 48.2 Å². The average Bonchev–Trinajstić information content (AvgIpc) is 3.32. The maximum Gasteiger partial charge on any atom is 0.421 e. The topological polar surface area (TPSA) is 82.9 Å². The first-order chi connectivity index (χ1) is 19.1. The normalized spacial score (nSPS) is 17.1. The number of alkyl halides is 3. The van der Waals surface area contributed by atoms with E-state index in [-0.39, 0.29) is 38.0 Å². The van der Waals surface area contributed by atoms with Gasteiger partial charge in [-0.1, -0.05) is 23.7 Å². The summed E-state index contributed by atoms with van der Waals surface area (Å²) < 4.78 is 59.0. The number of nitrogens with zero attached hydrogens (tertiary/aromatic N) is 3. The quantitative estimate of drug-likeness (QED) is 0.300. The summed E-state index contributed by atoms with van der Waals surface area (Å²) in [5.74, 6) is 0.685. The van der Waals surface area contributed by atoms with Gasteiger partial charge in [-0.15, -0.1) is 0 Å². The van der Waals surface area contributed by atoms with Gasteiger partial charge in [-0.25, -0.2) is 4.68 Å². The molecule has 40 heavy (non-hydrogen) atoms. The number of carbonyl (C=O) groups is 1. The van der Waals surface area contributed by atoms with Gasteiger partial charge in [0, 0.05) is 30.0 Å². The molecule has 2 aromatic carbocycles. The highest BCUT2D eigenvalue weighted by atomic mass is 35.5. The number of hydrogen-bond donors (Lipinski definition) is 0. The summed E-state index contributed by atoms with van der Waals surface area (Å²) in [7, 11) is 1.50. The van der Waals surface area contributed by atoms with E-state index < -0.39 is 29.4 Å². The molecule has 0 bridgehead atoms. The van der Waals surface area contributed by atoms with Crippen molar-refractivity contribution < 1.29 is 32.2 Å². The summed E-state index contributed by atoms with van der Waals surface area (Å²) in [6.07, 6.45) is -4.51. The Labute approximate surface area is 234 Å². The van der Waals surface area contributed by atoms with Gasteiger partial charge in [0.05, 0.1) is 26.8 Å². The number of ether oxygens (including phenoxy) is 3. The molecule has 0 spiro atoms. The molecule has 1 saturated heterocycles. The lowest BCUT2D eigenvalue weighted by atomic mass is 10.1. The molecule has 1 fully saturated rings. The third-order valence-corrected chi connectivity index (χ3v) is 6.78. The van der Waals surface area contributed by atoms with Crippen LogP contribution in [0.1, 0.15) is 37.3 Å². The maximum atomic E-state index is 14.0. The molecular formula is C28H29ClF3N3O5. The molecule has 8 nitrogen and oxygen atoms in total. The zero-order valence-electron chi connectivity index (χ0n) is 22.0. The Balaban J connectivity index is 1.67. The molecule has 0 radical (unpaired) electrons. The Morgan fingerprint density at radius 2 is 1.77 bits per heavy atom. The lowest BCUT2D eigenvalue weighted by Crippen LogP contribution is -2.37. The molecule has 12 heteroatoms. The number of benzene rings is 2. The molecule has 214 valence electrons. The van der Waals surface area contributed by atoms with Crippen LogP contribution in [0.4, 0.5) is 19.0 Å². The van der Waals surface area contributed by atoms with E-state index in [9.17, 15) is 22.8 Å². The SMILES string of the molecule is CCOC(=O)CC[C@@H]1C[C@@H](Oc2ccc(Cl)cc2)CN1c1cc(C(F)(F)F)c(=O)n(Cc2ccc(OC)cc2)n1. The van der Waals surface area contributed by atoms with Crippen LogP contribution in [0.15, 0.2) is 59.4 Å². The number of halogens is 4. The number of rotatable bonds is 10. The minimum atomic E-state index is -4.89. The van der Waals surface area contributed by atoms with Crippen LogP contribution in [0.2, 0.25) is 5.02 Å². The molecular weight excluding hydrogens is 551 g/mol. The Kier molecular flexibility index (Phi) is 9.24. The molecule has 1 aliphatic heterocycles. The Morgan fingerprint density at radius 1 is 1.10 bits per heavy atom. The summed E-state index contributed by atoms with van der Waals surface area (Å²) in [4.78, 5) is 26.6. The van der Waals surface area contributed by atoms with Crippen molar-refractivity contribution in [1.82, 2.24) is 9.78 Å². The van der Waals surface area contributed by atoms with Gasteiger partial charge >= 0.3 is 12.1 Å². The summed E-state index contributed by atoms with van der Waals surface area (Å²) in [5.41, 5.74) is -1.99. The monoisotopic (exact) mass is 579 g/mol. The lowest BCUT2D eigenvalue weighted by molar-refractivity contribution is -0.143. The van der Waals surface area contributed by atoms with Crippen molar-refractivity contribution in [1.29, 1.82) is 0 Å². The fourth-order valence-corrected chi connectivity index (χ4v) is 4.74. The third kappa shape index (κ3) is 7.26. The molecule has 0 amide bonds. The minimum absolute atomic E-state index is 0.0310. The van der Waals surface area contributed by atoms with Gasteiger partial charge in [-0.05, 0) is 55.3 Å². The van der Waals surface area contributed by atoms with E-state index in [0.717, 1.165) is 10.7 Å². The van der Waals surface area contributed by atoms with E-state index in [1.807, 2.05) is 0 Å². The highest BCUT2D eigenvalue weighted by Crippen LogP contribution is 2.33. The second-order valence-electron chi connectivity index (χ2n) is 9.30. The van der Waals surface area contributed by atoms with Crippen LogP contribution in [0.3, 0.4) is 0 Å². The predicted octanol–water partition coefficient (Wildman–Crippen LogP) is 5.34. The largest absolute Gasteiger partial charge is 0.497 e. The first-order valence-corrected chi connectivity index (χ1v) is 13.1. The Bertz CT molecular complexity index is 1360. The van der Waals surface area contributed by atoms with E-state index in [1.165, 1.54) is 7.11 Å². The molecule has 3 aromatic rings. The highest BCUT2D eigenvalue weighted by Gasteiger charge is 2.39. The second-order valence-corrected chi connectivity index (χ2v) is 9.74. The van der Waals surface area contributed by atoms with Crippen molar-refractivity contribution in [2.45, 2.75) is 51.1 Å². The number of carbonyl (C=O) groups excluding carboxylic acids is 1. The molecule has 0 saturated carbocycles. The molecule has 1 aromatic heterocycles. The fourth-order valence-electron chi connectivity index (χ4n) is 4.62. The fraction of sp³-hybridized carbons (Fsp3) is 0.393. The highest BCUT2D eigenvalue weighted by molar-refractivity contribution is 6.30. The van der Waals surface area contributed by atoms with E-state index in [0.29, 0.717) is 34.9 Å². The van der Waals surface area contributed by atoms with Crippen LogP contribution in [0, 0.1) is 0 Å². The van der Waals surface area contributed by atoms with Gasteiger partial charge in [0.25, 0.3) is 5.56 Å². The van der Waals surface area contributed by atoms with E-state index in [4.69, 9.17) is 25.8 Å². The van der Waals surface area contributed by atoms with Gasteiger partial charge in [-0.3, -0.25) is 9.59 Å². The van der Waals surface area contributed by atoms with Crippen LogP contribution in [0.25, 0.3) is 0 Å². The number of methoxy groups -OCH3 is 1. The van der Waals surface area contributed by atoms with Gasteiger partial charge < -0.3 is 19.1 Å².